The third-order valence-corrected chi connectivity index (χ3v) is 1.63. The van der Waals surface area contributed by atoms with E-state index in [-0.39, 0.29) is 5.69 Å². The van der Waals surface area contributed by atoms with E-state index in [9.17, 15) is 4.79 Å². The van der Waals surface area contributed by atoms with Crippen molar-refractivity contribution in [3.8, 4) is 0 Å². The maximum atomic E-state index is 11.2. The summed E-state index contributed by atoms with van der Waals surface area (Å²) < 4.78 is 3.02. The fraction of sp³-hybridized carbons (Fsp3) is 0.143. The summed E-state index contributed by atoms with van der Waals surface area (Å²) in [5.74, 6) is 0. The third kappa shape index (κ3) is 0.756. The lowest BCUT2D eigenvalue weighted by Crippen LogP contribution is -2.16. The van der Waals surface area contributed by atoms with Crippen molar-refractivity contribution in [1.82, 2.24) is 14.0 Å². The van der Waals surface area contributed by atoms with Crippen LogP contribution in [0, 0.1) is 0 Å². The summed E-state index contributed by atoms with van der Waals surface area (Å²) in [6.07, 6.45) is 4.94. The number of nitrogens with zero attached hydrogens (tertiary/aromatic N) is 3. The van der Waals surface area contributed by atoms with Crippen molar-refractivity contribution in [2.75, 3.05) is 0 Å². The van der Waals surface area contributed by atoms with Crippen molar-refractivity contribution >= 4 is 5.52 Å². The van der Waals surface area contributed by atoms with E-state index < -0.39 is 0 Å². The fourth-order valence-electron chi connectivity index (χ4n) is 1.06. The van der Waals surface area contributed by atoms with E-state index in [0.717, 1.165) is 5.52 Å². The summed E-state index contributed by atoms with van der Waals surface area (Å²) >= 11 is 0. The molecule has 2 rings (SSSR count). The molecule has 0 N–H and O–H groups in total. The van der Waals surface area contributed by atoms with Crippen LogP contribution in [0.5, 0.6) is 0 Å². The van der Waals surface area contributed by atoms with Crippen LogP contribution in [0.4, 0.5) is 0 Å². The van der Waals surface area contributed by atoms with Gasteiger partial charge in [0.2, 0.25) is 0 Å². The van der Waals surface area contributed by atoms with Gasteiger partial charge in [-0.05, 0) is 6.07 Å². The largest absolute Gasteiger partial charge is 0.333 e. The van der Waals surface area contributed by atoms with E-state index in [0.29, 0.717) is 0 Å². The number of hydrogen-bond acceptors (Lipinski definition) is 2. The van der Waals surface area contributed by atoms with Crippen LogP contribution in [0.2, 0.25) is 0 Å². The predicted octanol–water partition coefficient (Wildman–Crippen LogP) is 0.0330. The van der Waals surface area contributed by atoms with Crippen LogP contribution in [0.1, 0.15) is 0 Å². The molecule has 0 aliphatic rings. The first kappa shape index (κ1) is 6.15. The predicted molar refractivity (Wildman–Crippen MR) is 40.4 cm³/mol. The lowest BCUT2D eigenvalue weighted by molar-refractivity contribution is 0.832. The summed E-state index contributed by atoms with van der Waals surface area (Å²) in [6, 6.07) is 1.79. The van der Waals surface area contributed by atoms with Crippen LogP contribution in [0.15, 0.2) is 29.6 Å². The van der Waals surface area contributed by atoms with E-state index in [1.54, 1.807) is 25.5 Å². The Kier molecular flexibility index (Phi) is 1.09. The topological polar surface area (TPSA) is 39.3 Å². The van der Waals surface area contributed by atoms with Gasteiger partial charge in [-0.3, -0.25) is 4.40 Å². The van der Waals surface area contributed by atoms with Gasteiger partial charge in [-0.15, -0.1) is 0 Å². The Hall–Kier alpha value is -1.58. The Morgan fingerprint density at radius 2 is 2.36 bits per heavy atom. The van der Waals surface area contributed by atoms with E-state index in [1.807, 2.05) is 0 Å². The zero-order valence-electron chi connectivity index (χ0n) is 6.06. The molecule has 4 nitrogen and oxygen atoms in total. The molecule has 0 fully saturated rings. The summed E-state index contributed by atoms with van der Waals surface area (Å²) in [5, 5.41) is 0. The molecule has 0 radical (unpaired) electrons. The van der Waals surface area contributed by atoms with Gasteiger partial charge in [0.25, 0.3) is 0 Å². The van der Waals surface area contributed by atoms with Crippen molar-refractivity contribution < 1.29 is 0 Å². The zero-order chi connectivity index (χ0) is 7.84. The van der Waals surface area contributed by atoms with Gasteiger partial charge in [-0.25, -0.2) is 9.78 Å². The van der Waals surface area contributed by atoms with Crippen molar-refractivity contribution in [2.24, 2.45) is 7.05 Å². The maximum absolute atomic E-state index is 11.2. The second kappa shape index (κ2) is 1.95. The van der Waals surface area contributed by atoms with Crippen molar-refractivity contribution in [3.63, 3.8) is 0 Å². The van der Waals surface area contributed by atoms with Gasteiger partial charge in [0, 0.05) is 19.4 Å². The Morgan fingerprint density at radius 1 is 1.55 bits per heavy atom. The highest BCUT2D eigenvalue weighted by molar-refractivity contribution is 5.42. The summed E-state index contributed by atoms with van der Waals surface area (Å²) in [5.41, 5.74) is 0.806. The average molecular weight is 149 g/mol. The number of aryl methyl sites for hydroxylation is 1. The number of imidazole rings is 1. The molecule has 0 aromatic carbocycles. The van der Waals surface area contributed by atoms with Crippen molar-refractivity contribution in [2.45, 2.75) is 0 Å². The van der Waals surface area contributed by atoms with Crippen LogP contribution >= 0.6 is 0 Å². The second-order valence-corrected chi connectivity index (χ2v) is 2.40. The molecule has 0 unspecified atom stereocenters. The lowest BCUT2D eigenvalue weighted by Gasteiger charge is -1.85. The first-order valence-corrected chi connectivity index (χ1v) is 3.27. The molecule has 56 valence electrons. The minimum Gasteiger partial charge on any atom is -0.301 e. The molecule has 0 spiro atoms. The van der Waals surface area contributed by atoms with Gasteiger partial charge in [-0.2, -0.15) is 0 Å². The standard InChI is InChI=1S/C7H7N3O/c1-9-4-6-2-3-8-5-10(6)7(9)11/h2-5H,1H3. The Morgan fingerprint density at radius 3 is 3.09 bits per heavy atom. The highest BCUT2D eigenvalue weighted by Gasteiger charge is 1.97. The minimum atomic E-state index is -0.0619. The van der Waals surface area contributed by atoms with Gasteiger partial charge in [0.05, 0.1) is 5.52 Å². The summed E-state index contributed by atoms with van der Waals surface area (Å²) in [7, 11) is 1.72. The Labute approximate surface area is 62.7 Å². The highest BCUT2D eigenvalue weighted by Crippen LogP contribution is 1.94. The first-order valence-electron chi connectivity index (χ1n) is 3.27. The van der Waals surface area contributed by atoms with Gasteiger partial charge in [0.1, 0.15) is 6.33 Å². The molecule has 11 heavy (non-hydrogen) atoms. The van der Waals surface area contributed by atoms with Gasteiger partial charge in [-0.1, -0.05) is 0 Å². The van der Waals surface area contributed by atoms with Gasteiger partial charge < -0.3 is 4.57 Å². The summed E-state index contributed by atoms with van der Waals surface area (Å²) in [6.45, 7) is 0. The molecule has 4 heteroatoms. The van der Waals surface area contributed by atoms with E-state index in [2.05, 4.69) is 4.98 Å². The molecule has 0 saturated carbocycles. The summed E-state index contributed by atoms with van der Waals surface area (Å²) in [4.78, 5) is 15.1. The molecule has 2 heterocycles. The van der Waals surface area contributed by atoms with Crippen LogP contribution in [-0.4, -0.2) is 14.0 Å². The third-order valence-electron chi connectivity index (χ3n) is 1.63. The van der Waals surface area contributed by atoms with Crippen LogP contribution in [0.25, 0.3) is 5.52 Å². The minimum absolute atomic E-state index is 0.0619. The smallest absolute Gasteiger partial charge is 0.301 e. The molecule has 2 aromatic rings. The monoisotopic (exact) mass is 149 g/mol. The maximum Gasteiger partial charge on any atom is 0.333 e. The molecule has 0 bridgehead atoms. The number of aromatic nitrogens is 3. The number of rotatable bonds is 0. The SMILES string of the molecule is Cn1cc2ccncn2c1=O. The molecular weight excluding hydrogens is 142 g/mol. The fourth-order valence-corrected chi connectivity index (χ4v) is 1.06. The Balaban J connectivity index is 3.04. The molecule has 0 aliphatic carbocycles. The molecule has 0 saturated heterocycles. The zero-order valence-corrected chi connectivity index (χ0v) is 6.06. The average Bonchev–Trinajstić information content (AvgIpc) is 2.30. The Bertz CT molecular complexity index is 440. The molecule has 0 atom stereocenters. The molecule has 0 amide bonds. The quantitative estimate of drug-likeness (QED) is 0.530. The normalized spacial score (nSPS) is 10.6. The van der Waals surface area contributed by atoms with Crippen LogP contribution < -0.4 is 5.69 Å². The van der Waals surface area contributed by atoms with E-state index in [1.165, 1.54) is 15.3 Å². The van der Waals surface area contributed by atoms with E-state index in [4.69, 9.17) is 0 Å². The molecule has 0 aliphatic heterocycles. The number of fused-ring (bicyclic) bond motifs is 1. The molecule has 2 aromatic heterocycles. The van der Waals surface area contributed by atoms with Crippen molar-refractivity contribution in [3.05, 3.63) is 35.3 Å². The van der Waals surface area contributed by atoms with Gasteiger partial charge in [0.15, 0.2) is 0 Å². The van der Waals surface area contributed by atoms with E-state index >= 15 is 0 Å². The van der Waals surface area contributed by atoms with Crippen LogP contribution in [-0.2, 0) is 7.05 Å². The first-order chi connectivity index (χ1) is 5.29. The highest BCUT2D eigenvalue weighted by atomic mass is 16.1. The van der Waals surface area contributed by atoms with Crippen LogP contribution in [0.3, 0.4) is 0 Å². The lowest BCUT2D eigenvalue weighted by atomic mass is 10.5. The second-order valence-electron chi connectivity index (χ2n) is 2.40. The van der Waals surface area contributed by atoms with Crippen molar-refractivity contribution in [1.29, 1.82) is 0 Å². The molecular formula is C7H7N3O. The van der Waals surface area contributed by atoms with Gasteiger partial charge >= 0.3 is 5.69 Å². The number of hydrogen-bond donors (Lipinski definition) is 0.